The topological polar surface area (TPSA) is 116 Å². The molecular weight excluding hydrogens is 260 g/mol. The minimum atomic E-state index is -0.157. The highest BCUT2D eigenvalue weighted by Gasteiger charge is 2.14. The molecule has 0 unspecified atom stereocenters. The van der Waals surface area contributed by atoms with E-state index >= 15 is 0 Å². The quantitative estimate of drug-likeness (QED) is 0.442. The maximum atomic E-state index is 11.8. The van der Waals surface area contributed by atoms with Gasteiger partial charge in [-0.2, -0.15) is 0 Å². The first-order chi connectivity index (χ1) is 9.63. The SMILES string of the molecule is N=C(N)Nc1ccc(NC(=O)CN2CCOCC2)nc1. The highest BCUT2D eigenvalue weighted by atomic mass is 16.5. The number of amides is 1. The molecule has 1 aliphatic rings. The van der Waals surface area contributed by atoms with Gasteiger partial charge in [0.05, 0.1) is 31.6 Å². The number of aromatic nitrogens is 1. The van der Waals surface area contributed by atoms with Crippen LogP contribution in [0.5, 0.6) is 0 Å². The van der Waals surface area contributed by atoms with E-state index in [1.54, 1.807) is 12.1 Å². The fraction of sp³-hybridized carbons (Fsp3) is 0.417. The van der Waals surface area contributed by atoms with Gasteiger partial charge in [0.2, 0.25) is 5.91 Å². The zero-order valence-electron chi connectivity index (χ0n) is 11.1. The molecule has 1 fully saturated rings. The van der Waals surface area contributed by atoms with Crippen LogP contribution >= 0.6 is 0 Å². The Labute approximate surface area is 116 Å². The molecule has 8 nitrogen and oxygen atoms in total. The van der Waals surface area contributed by atoms with E-state index in [-0.39, 0.29) is 11.9 Å². The van der Waals surface area contributed by atoms with Gasteiger partial charge in [0.1, 0.15) is 5.82 Å². The Bertz CT molecular complexity index is 469. The molecule has 0 aliphatic carbocycles. The van der Waals surface area contributed by atoms with Crippen molar-refractivity contribution in [2.75, 3.05) is 43.5 Å². The number of pyridine rings is 1. The van der Waals surface area contributed by atoms with Gasteiger partial charge in [0.25, 0.3) is 0 Å². The lowest BCUT2D eigenvalue weighted by Crippen LogP contribution is -2.41. The van der Waals surface area contributed by atoms with Crippen LogP contribution in [0.3, 0.4) is 0 Å². The molecule has 1 aromatic rings. The summed E-state index contributed by atoms with van der Waals surface area (Å²) in [4.78, 5) is 17.9. The van der Waals surface area contributed by atoms with Crippen molar-refractivity contribution in [2.24, 2.45) is 5.73 Å². The van der Waals surface area contributed by atoms with Crippen molar-refractivity contribution in [1.29, 1.82) is 5.41 Å². The largest absolute Gasteiger partial charge is 0.379 e. The Morgan fingerprint density at radius 1 is 1.40 bits per heavy atom. The lowest BCUT2D eigenvalue weighted by Gasteiger charge is -2.25. The molecule has 108 valence electrons. The second-order valence-corrected chi connectivity index (χ2v) is 4.41. The van der Waals surface area contributed by atoms with Crippen molar-refractivity contribution >= 4 is 23.4 Å². The van der Waals surface area contributed by atoms with Crippen molar-refractivity contribution in [2.45, 2.75) is 0 Å². The minimum Gasteiger partial charge on any atom is -0.379 e. The third-order valence-electron chi connectivity index (χ3n) is 2.78. The Morgan fingerprint density at radius 2 is 2.15 bits per heavy atom. The van der Waals surface area contributed by atoms with Crippen molar-refractivity contribution in [3.63, 3.8) is 0 Å². The highest BCUT2D eigenvalue weighted by molar-refractivity contribution is 5.92. The summed E-state index contributed by atoms with van der Waals surface area (Å²) in [6, 6.07) is 3.35. The van der Waals surface area contributed by atoms with Gasteiger partial charge in [-0.25, -0.2) is 4.98 Å². The molecule has 0 bridgehead atoms. The molecule has 5 N–H and O–H groups in total. The highest BCUT2D eigenvalue weighted by Crippen LogP contribution is 2.09. The van der Waals surface area contributed by atoms with E-state index in [0.29, 0.717) is 31.3 Å². The van der Waals surface area contributed by atoms with Crippen LogP contribution in [0.4, 0.5) is 11.5 Å². The summed E-state index contributed by atoms with van der Waals surface area (Å²) in [6.45, 7) is 3.19. The van der Waals surface area contributed by atoms with Crippen molar-refractivity contribution in [3.05, 3.63) is 18.3 Å². The van der Waals surface area contributed by atoms with E-state index in [2.05, 4.69) is 15.6 Å². The number of morpholine rings is 1. The number of ether oxygens (including phenoxy) is 1. The van der Waals surface area contributed by atoms with Crippen molar-refractivity contribution < 1.29 is 9.53 Å². The van der Waals surface area contributed by atoms with Crippen LogP contribution in [0.25, 0.3) is 0 Å². The van der Waals surface area contributed by atoms with Gasteiger partial charge in [-0.15, -0.1) is 0 Å². The predicted octanol–water partition coefficient (Wildman–Crippen LogP) is -0.342. The zero-order chi connectivity index (χ0) is 14.4. The van der Waals surface area contributed by atoms with Gasteiger partial charge in [-0.3, -0.25) is 15.1 Å². The van der Waals surface area contributed by atoms with Crippen molar-refractivity contribution in [1.82, 2.24) is 9.88 Å². The Balaban J connectivity index is 1.82. The molecule has 8 heteroatoms. The van der Waals surface area contributed by atoms with E-state index in [9.17, 15) is 4.79 Å². The number of nitrogens with zero attached hydrogens (tertiary/aromatic N) is 2. The first-order valence-electron chi connectivity index (χ1n) is 6.30. The molecule has 0 atom stereocenters. The van der Waals surface area contributed by atoms with Gasteiger partial charge >= 0.3 is 0 Å². The van der Waals surface area contributed by atoms with E-state index < -0.39 is 0 Å². The molecule has 20 heavy (non-hydrogen) atoms. The number of nitrogens with one attached hydrogen (secondary N) is 3. The smallest absolute Gasteiger partial charge is 0.239 e. The van der Waals surface area contributed by atoms with Crippen molar-refractivity contribution in [3.8, 4) is 0 Å². The molecule has 1 aromatic heterocycles. The Kier molecular flexibility index (Phi) is 4.85. The van der Waals surface area contributed by atoms with Gasteiger partial charge in [-0.1, -0.05) is 0 Å². The monoisotopic (exact) mass is 278 g/mol. The van der Waals surface area contributed by atoms with Crippen LogP contribution < -0.4 is 16.4 Å². The number of carbonyl (C=O) groups is 1. The van der Waals surface area contributed by atoms with E-state index in [0.717, 1.165) is 13.1 Å². The third kappa shape index (κ3) is 4.48. The average Bonchev–Trinajstić information content (AvgIpc) is 2.41. The zero-order valence-corrected chi connectivity index (χ0v) is 11.1. The maximum Gasteiger partial charge on any atom is 0.239 e. The molecule has 1 aliphatic heterocycles. The second-order valence-electron chi connectivity index (χ2n) is 4.41. The molecule has 0 saturated carbocycles. The third-order valence-corrected chi connectivity index (χ3v) is 2.78. The molecule has 0 radical (unpaired) electrons. The number of rotatable bonds is 4. The van der Waals surface area contributed by atoms with Crippen LogP contribution in [-0.4, -0.2) is 54.6 Å². The van der Waals surface area contributed by atoms with Gasteiger partial charge in [-0.05, 0) is 12.1 Å². The number of carbonyl (C=O) groups excluding carboxylic acids is 1. The summed E-state index contributed by atoms with van der Waals surface area (Å²) in [5.74, 6) is 0.208. The van der Waals surface area contributed by atoms with Crippen LogP contribution in [0.1, 0.15) is 0 Å². The number of anilines is 2. The van der Waals surface area contributed by atoms with E-state index in [1.165, 1.54) is 6.20 Å². The molecule has 0 spiro atoms. The van der Waals surface area contributed by atoms with E-state index in [1.807, 2.05) is 4.90 Å². The fourth-order valence-corrected chi connectivity index (χ4v) is 1.84. The van der Waals surface area contributed by atoms with Crippen LogP contribution in [0.2, 0.25) is 0 Å². The van der Waals surface area contributed by atoms with Crippen LogP contribution in [-0.2, 0) is 9.53 Å². The first kappa shape index (κ1) is 14.2. The Hall–Kier alpha value is -2.19. The number of hydrogen-bond acceptors (Lipinski definition) is 5. The summed E-state index contributed by atoms with van der Waals surface area (Å²) >= 11 is 0. The summed E-state index contributed by atoms with van der Waals surface area (Å²) in [5.41, 5.74) is 5.81. The molecule has 1 saturated heterocycles. The molecule has 0 aromatic carbocycles. The van der Waals surface area contributed by atoms with Crippen LogP contribution in [0, 0.1) is 5.41 Å². The Morgan fingerprint density at radius 3 is 2.75 bits per heavy atom. The summed E-state index contributed by atoms with van der Waals surface area (Å²) in [6.07, 6.45) is 1.51. The second kappa shape index (κ2) is 6.83. The summed E-state index contributed by atoms with van der Waals surface area (Å²) in [7, 11) is 0. The minimum absolute atomic E-state index is 0.105. The average molecular weight is 278 g/mol. The summed E-state index contributed by atoms with van der Waals surface area (Å²) < 4.78 is 5.22. The summed E-state index contributed by atoms with van der Waals surface area (Å²) in [5, 5.41) is 12.4. The van der Waals surface area contributed by atoms with Crippen LogP contribution in [0.15, 0.2) is 18.3 Å². The molecular formula is C12H18N6O2. The van der Waals surface area contributed by atoms with Gasteiger partial charge in [0, 0.05) is 13.1 Å². The lowest BCUT2D eigenvalue weighted by atomic mass is 10.3. The first-order valence-corrected chi connectivity index (χ1v) is 6.30. The number of guanidine groups is 1. The fourth-order valence-electron chi connectivity index (χ4n) is 1.84. The number of nitrogens with two attached hydrogens (primary N) is 1. The van der Waals surface area contributed by atoms with Gasteiger partial charge < -0.3 is 21.1 Å². The molecule has 1 amide bonds. The molecule has 2 heterocycles. The maximum absolute atomic E-state index is 11.8. The van der Waals surface area contributed by atoms with Gasteiger partial charge in [0.15, 0.2) is 5.96 Å². The lowest BCUT2D eigenvalue weighted by molar-refractivity contribution is -0.118. The number of hydrogen-bond donors (Lipinski definition) is 4. The predicted molar refractivity (Wildman–Crippen MR) is 75.7 cm³/mol. The molecule has 2 rings (SSSR count). The standard InChI is InChI=1S/C12H18N6O2/c13-12(14)16-9-1-2-10(15-7-9)17-11(19)8-18-3-5-20-6-4-18/h1-2,7H,3-6,8H2,(H4,13,14,16)(H,15,17,19). The van der Waals surface area contributed by atoms with E-state index in [4.69, 9.17) is 15.9 Å². The normalized spacial score (nSPS) is 15.6.